The van der Waals surface area contributed by atoms with Gasteiger partial charge < -0.3 is 31.4 Å². The van der Waals surface area contributed by atoms with Crippen LogP contribution in [0.2, 0.25) is 0 Å². The van der Waals surface area contributed by atoms with Gasteiger partial charge in [0.15, 0.2) is 0 Å². The molecule has 3 amide bonds. The second-order valence-corrected chi connectivity index (χ2v) is 10.2. The lowest BCUT2D eigenvalue weighted by Gasteiger charge is -2.28. The second kappa shape index (κ2) is 12.7. The van der Waals surface area contributed by atoms with E-state index in [1.54, 1.807) is 13.1 Å². The maximum atomic E-state index is 13.4. The van der Waals surface area contributed by atoms with Gasteiger partial charge in [0.2, 0.25) is 17.7 Å². The number of amides is 3. The van der Waals surface area contributed by atoms with Gasteiger partial charge in [-0.15, -0.1) is 0 Å². The summed E-state index contributed by atoms with van der Waals surface area (Å²) in [6, 6.07) is 4.30. The molecule has 6 N–H and O–H groups in total. The Balaban J connectivity index is 1.83. The molecule has 10 nitrogen and oxygen atoms in total. The summed E-state index contributed by atoms with van der Waals surface area (Å²) in [5.74, 6) is -2.97. The summed E-state index contributed by atoms with van der Waals surface area (Å²) in [5.41, 5.74) is 1.70. The monoisotopic (exact) mass is 513 g/mol. The van der Waals surface area contributed by atoms with Gasteiger partial charge in [-0.25, -0.2) is 4.79 Å². The highest BCUT2D eigenvalue weighted by Crippen LogP contribution is 2.20. The van der Waals surface area contributed by atoms with E-state index < -0.39 is 35.9 Å². The van der Waals surface area contributed by atoms with Gasteiger partial charge in [0.05, 0.1) is 6.04 Å². The summed E-state index contributed by atoms with van der Waals surface area (Å²) in [5, 5.41) is 22.0. The van der Waals surface area contributed by atoms with E-state index in [2.05, 4.69) is 26.3 Å². The highest BCUT2D eigenvalue weighted by atomic mass is 16.4. The van der Waals surface area contributed by atoms with Gasteiger partial charge >= 0.3 is 5.97 Å². The van der Waals surface area contributed by atoms with Crippen LogP contribution in [0, 0.1) is 11.8 Å². The van der Waals surface area contributed by atoms with Crippen LogP contribution in [0.3, 0.4) is 0 Å². The lowest BCUT2D eigenvalue weighted by molar-refractivity contribution is -0.143. The molecule has 5 unspecified atom stereocenters. The maximum Gasteiger partial charge on any atom is 0.326 e. The van der Waals surface area contributed by atoms with E-state index in [9.17, 15) is 24.3 Å². The summed E-state index contributed by atoms with van der Waals surface area (Å²) >= 11 is 0. The van der Waals surface area contributed by atoms with Crippen molar-refractivity contribution in [1.82, 2.24) is 26.3 Å². The molecule has 0 spiro atoms. The van der Waals surface area contributed by atoms with Crippen molar-refractivity contribution in [2.45, 2.75) is 77.5 Å². The molecule has 0 radical (unpaired) electrons. The Morgan fingerprint density at radius 3 is 2.38 bits per heavy atom. The Kier molecular flexibility index (Phi) is 9.68. The van der Waals surface area contributed by atoms with Gasteiger partial charge in [-0.3, -0.25) is 14.4 Å². The van der Waals surface area contributed by atoms with Crippen LogP contribution in [0.5, 0.6) is 0 Å². The van der Waals surface area contributed by atoms with Crippen LogP contribution in [0.1, 0.15) is 52.5 Å². The van der Waals surface area contributed by atoms with Crippen molar-refractivity contribution in [1.29, 1.82) is 0 Å². The molecule has 0 aliphatic carbocycles. The van der Waals surface area contributed by atoms with Crippen molar-refractivity contribution in [3.63, 3.8) is 0 Å². The minimum absolute atomic E-state index is 0.150. The van der Waals surface area contributed by atoms with Gasteiger partial charge in [0, 0.05) is 23.5 Å². The molecule has 0 bridgehead atoms. The topological polar surface area (TPSA) is 152 Å². The number of aliphatic carboxylic acids is 1. The van der Waals surface area contributed by atoms with Crippen LogP contribution in [0.15, 0.2) is 30.5 Å². The van der Waals surface area contributed by atoms with E-state index >= 15 is 0 Å². The highest BCUT2D eigenvalue weighted by Gasteiger charge is 2.34. The maximum absolute atomic E-state index is 13.4. The fourth-order valence-electron chi connectivity index (χ4n) is 4.63. The van der Waals surface area contributed by atoms with E-state index in [1.807, 2.05) is 45.0 Å². The normalized spacial score (nSPS) is 18.7. The van der Waals surface area contributed by atoms with Crippen molar-refractivity contribution in [2.75, 3.05) is 6.54 Å². The second-order valence-electron chi connectivity index (χ2n) is 10.2. The number of carboxylic acid groups (broad SMARTS) is 1. The highest BCUT2D eigenvalue weighted by molar-refractivity contribution is 5.95. The molecule has 1 fully saturated rings. The van der Waals surface area contributed by atoms with Crippen molar-refractivity contribution in [3.8, 4) is 0 Å². The molecule has 1 aliphatic rings. The van der Waals surface area contributed by atoms with Crippen LogP contribution >= 0.6 is 0 Å². The first-order chi connectivity index (χ1) is 17.6. The molecule has 5 atom stereocenters. The van der Waals surface area contributed by atoms with E-state index in [-0.39, 0.29) is 30.2 Å². The molecule has 1 aromatic heterocycles. The van der Waals surface area contributed by atoms with E-state index in [4.69, 9.17) is 0 Å². The van der Waals surface area contributed by atoms with Crippen LogP contribution in [0.25, 0.3) is 10.9 Å². The number of hydrogen-bond donors (Lipinski definition) is 6. The molecule has 37 heavy (non-hydrogen) atoms. The van der Waals surface area contributed by atoms with Crippen molar-refractivity contribution < 1.29 is 24.3 Å². The molecule has 1 aromatic carbocycles. The molecule has 3 rings (SSSR count). The molecule has 0 saturated carbocycles. The number of carbonyl (C=O) groups is 4. The molecular weight excluding hydrogens is 474 g/mol. The number of hydrogen-bond acceptors (Lipinski definition) is 5. The van der Waals surface area contributed by atoms with Crippen LogP contribution < -0.4 is 21.3 Å². The summed E-state index contributed by atoms with van der Waals surface area (Å²) in [6.07, 6.45) is 4.10. The van der Waals surface area contributed by atoms with Gasteiger partial charge in [-0.05, 0) is 42.9 Å². The molecule has 202 valence electrons. The Labute approximate surface area is 217 Å². The zero-order chi connectivity index (χ0) is 27.1. The number of rotatable bonds is 12. The number of benzene rings is 1. The molecule has 1 aliphatic heterocycles. The van der Waals surface area contributed by atoms with Gasteiger partial charge in [-0.1, -0.05) is 52.3 Å². The smallest absolute Gasteiger partial charge is 0.326 e. The predicted molar refractivity (Wildman–Crippen MR) is 141 cm³/mol. The average molecular weight is 514 g/mol. The van der Waals surface area contributed by atoms with E-state index in [0.717, 1.165) is 29.4 Å². The fourth-order valence-corrected chi connectivity index (χ4v) is 4.63. The first-order valence-corrected chi connectivity index (χ1v) is 13.0. The number of carboxylic acids is 1. The zero-order valence-corrected chi connectivity index (χ0v) is 22.0. The standard InChI is InChI=1S/C27H39N5O5/c1-5-16(4)23(27(36)37)32-25(34)21(13-17-14-29-19-10-7-6-9-18(17)19)30-26(35)22(15(2)3)31-24(33)20-11-8-12-28-20/h6-7,9-10,14-16,20-23,28-29H,5,8,11-13H2,1-4H3,(H,30,35)(H,31,33)(H,32,34)(H,36,37). The van der Waals surface area contributed by atoms with Crippen molar-refractivity contribution >= 4 is 34.6 Å². The third-order valence-corrected chi connectivity index (χ3v) is 7.13. The Hall–Kier alpha value is -3.40. The van der Waals surface area contributed by atoms with Gasteiger partial charge in [0.1, 0.15) is 18.1 Å². The van der Waals surface area contributed by atoms with Crippen LogP contribution in [0.4, 0.5) is 0 Å². The molecule has 10 heteroatoms. The number of para-hydroxylation sites is 1. The zero-order valence-electron chi connectivity index (χ0n) is 22.0. The fraction of sp³-hybridized carbons (Fsp3) is 0.556. The lowest BCUT2D eigenvalue weighted by atomic mass is 9.97. The Morgan fingerprint density at radius 2 is 1.76 bits per heavy atom. The largest absolute Gasteiger partial charge is 0.480 e. The Morgan fingerprint density at radius 1 is 1.03 bits per heavy atom. The minimum atomic E-state index is -1.13. The summed E-state index contributed by atoms with van der Waals surface area (Å²) in [6.45, 7) is 8.01. The first-order valence-electron chi connectivity index (χ1n) is 13.0. The number of aromatic nitrogens is 1. The quantitative estimate of drug-likeness (QED) is 0.254. The first kappa shape index (κ1) is 28.2. The lowest BCUT2D eigenvalue weighted by Crippen LogP contribution is -2.59. The van der Waals surface area contributed by atoms with Crippen molar-refractivity contribution in [3.05, 3.63) is 36.0 Å². The minimum Gasteiger partial charge on any atom is -0.480 e. The van der Waals surface area contributed by atoms with Gasteiger partial charge in [-0.2, -0.15) is 0 Å². The molecule has 2 aromatic rings. The number of aromatic amines is 1. The van der Waals surface area contributed by atoms with Crippen LogP contribution in [-0.2, 0) is 25.6 Å². The summed E-state index contributed by atoms with van der Waals surface area (Å²) < 4.78 is 0. The van der Waals surface area contributed by atoms with E-state index in [0.29, 0.717) is 12.8 Å². The van der Waals surface area contributed by atoms with Gasteiger partial charge in [0.25, 0.3) is 0 Å². The third-order valence-electron chi connectivity index (χ3n) is 7.13. The van der Waals surface area contributed by atoms with Crippen molar-refractivity contribution in [2.24, 2.45) is 11.8 Å². The number of H-pyrrole nitrogens is 1. The molecular formula is C27H39N5O5. The predicted octanol–water partition coefficient (Wildman–Crippen LogP) is 1.70. The Bertz CT molecular complexity index is 1110. The SMILES string of the molecule is CCC(C)C(NC(=O)C(Cc1c[nH]c2ccccc12)NC(=O)C(NC(=O)C1CCCN1)C(C)C)C(=O)O. The van der Waals surface area contributed by atoms with Crippen LogP contribution in [-0.4, -0.2) is 64.5 Å². The summed E-state index contributed by atoms with van der Waals surface area (Å²) in [4.78, 5) is 54.5. The number of nitrogens with one attached hydrogen (secondary N) is 5. The summed E-state index contributed by atoms with van der Waals surface area (Å²) in [7, 11) is 0. The number of carbonyl (C=O) groups excluding carboxylic acids is 3. The number of fused-ring (bicyclic) bond motifs is 1. The third kappa shape index (κ3) is 7.09. The van der Waals surface area contributed by atoms with E-state index in [1.165, 1.54) is 0 Å². The molecule has 2 heterocycles. The average Bonchev–Trinajstić information content (AvgIpc) is 3.55. The molecule has 1 saturated heterocycles.